The summed E-state index contributed by atoms with van der Waals surface area (Å²) < 4.78 is 69.8. The van der Waals surface area contributed by atoms with E-state index in [2.05, 4.69) is 4.74 Å². The molecule has 0 saturated carbocycles. The van der Waals surface area contributed by atoms with Crippen LogP contribution >= 0.6 is 0 Å². The topological polar surface area (TPSA) is 49.9 Å². The molecule has 9 heteroatoms. The first-order valence-corrected chi connectivity index (χ1v) is 11.8. The van der Waals surface area contributed by atoms with E-state index in [9.17, 15) is 21.6 Å². The summed E-state index contributed by atoms with van der Waals surface area (Å²) in [5.74, 6) is -0.281. The summed E-state index contributed by atoms with van der Waals surface area (Å²) in [5.41, 5.74) is 2.77. The van der Waals surface area contributed by atoms with E-state index in [0.717, 1.165) is 36.1 Å². The molecular formula is C22H25F3N2O3S. The third-order valence-corrected chi connectivity index (χ3v) is 8.15. The number of aryl methyl sites for hydroxylation is 1. The lowest BCUT2D eigenvalue weighted by Gasteiger charge is -2.44. The third kappa shape index (κ3) is 4.39. The molecule has 0 spiro atoms. The molecule has 2 aromatic rings. The van der Waals surface area contributed by atoms with Crippen LogP contribution in [0.2, 0.25) is 0 Å². The highest BCUT2D eigenvalue weighted by Crippen LogP contribution is 2.34. The zero-order valence-corrected chi connectivity index (χ0v) is 18.2. The van der Waals surface area contributed by atoms with Crippen LogP contribution in [0, 0.1) is 0 Å². The van der Waals surface area contributed by atoms with Crippen molar-refractivity contribution >= 4 is 15.7 Å². The first-order chi connectivity index (χ1) is 14.6. The van der Waals surface area contributed by atoms with E-state index >= 15 is 0 Å². The van der Waals surface area contributed by atoms with Crippen LogP contribution in [0.5, 0.6) is 5.75 Å². The maximum absolute atomic E-state index is 13.6. The van der Waals surface area contributed by atoms with Crippen LogP contribution in [0.1, 0.15) is 31.4 Å². The quantitative estimate of drug-likeness (QED) is 0.689. The number of halogens is 3. The molecule has 0 aromatic heterocycles. The molecule has 2 aliphatic rings. The smallest absolute Gasteiger partial charge is 0.406 e. The molecule has 0 amide bonds. The van der Waals surface area contributed by atoms with E-state index in [4.69, 9.17) is 0 Å². The second-order valence-corrected chi connectivity index (χ2v) is 10.0. The number of anilines is 1. The lowest BCUT2D eigenvalue weighted by molar-refractivity contribution is -0.274. The fraction of sp³-hybridized carbons (Fsp3) is 0.455. The number of hydrogen-bond acceptors (Lipinski definition) is 4. The Labute approximate surface area is 180 Å². The van der Waals surface area contributed by atoms with Crippen LogP contribution in [0.4, 0.5) is 18.9 Å². The molecule has 0 N–H and O–H groups in total. The monoisotopic (exact) mass is 454 g/mol. The number of fused-ring (bicyclic) bond motifs is 1. The van der Waals surface area contributed by atoms with Crippen molar-refractivity contribution in [3.05, 3.63) is 53.6 Å². The van der Waals surface area contributed by atoms with Crippen LogP contribution in [-0.2, 0) is 22.9 Å². The SMILES string of the molecule is C[C@@H]1CN(c2ccc(OC(F)(F)F)cc2)C[C@H](C)N1S(=O)(=O)c1cccc2c1CCC2. The fourth-order valence-electron chi connectivity index (χ4n) is 4.79. The standard InChI is InChI=1S/C22H25F3N2O3S/c1-15-13-26(18-9-11-19(12-10-18)30-22(23,24)25)14-16(2)27(15)31(28,29)21-8-4-6-17-5-3-7-20(17)21/h4,6,8-12,15-16H,3,5,7,13-14H2,1-2H3/t15-,16+. The molecule has 168 valence electrons. The van der Waals surface area contributed by atoms with Gasteiger partial charge in [0.15, 0.2) is 0 Å². The summed E-state index contributed by atoms with van der Waals surface area (Å²) >= 11 is 0. The predicted molar refractivity (Wildman–Crippen MR) is 112 cm³/mol. The Kier molecular flexibility index (Phi) is 5.68. The van der Waals surface area contributed by atoms with Crippen LogP contribution < -0.4 is 9.64 Å². The average Bonchev–Trinajstić information content (AvgIpc) is 3.15. The molecule has 0 radical (unpaired) electrons. The minimum atomic E-state index is -4.73. The summed E-state index contributed by atoms with van der Waals surface area (Å²) in [5, 5.41) is 0. The lowest BCUT2D eigenvalue weighted by atomic mass is 10.1. The first kappa shape index (κ1) is 22.0. The van der Waals surface area contributed by atoms with Crippen LogP contribution in [0.15, 0.2) is 47.4 Å². The van der Waals surface area contributed by atoms with Crippen LogP contribution in [-0.4, -0.2) is 44.3 Å². The molecule has 0 unspecified atom stereocenters. The number of rotatable bonds is 4. The normalized spacial score (nSPS) is 22.4. The highest BCUT2D eigenvalue weighted by Gasteiger charge is 2.40. The maximum atomic E-state index is 13.6. The van der Waals surface area contributed by atoms with Gasteiger partial charge in [0, 0.05) is 30.9 Å². The maximum Gasteiger partial charge on any atom is 0.573 e. The summed E-state index contributed by atoms with van der Waals surface area (Å²) in [7, 11) is -3.66. The van der Waals surface area contributed by atoms with Crippen LogP contribution in [0.25, 0.3) is 0 Å². The summed E-state index contributed by atoms with van der Waals surface area (Å²) in [6.45, 7) is 4.62. The van der Waals surface area contributed by atoms with Gasteiger partial charge in [-0.15, -0.1) is 13.2 Å². The Bertz CT molecular complexity index is 1040. The molecule has 1 aliphatic heterocycles. The highest BCUT2D eigenvalue weighted by atomic mass is 32.2. The van der Waals surface area contributed by atoms with Crippen molar-refractivity contribution < 1.29 is 26.3 Å². The zero-order chi connectivity index (χ0) is 22.4. The molecule has 2 aromatic carbocycles. The van der Waals surface area contributed by atoms with E-state index in [1.54, 1.807) is 22.5 Å². The number of piperazine rings is 1. The molecule has 4 rings (SSSR count). The minimum absolute atomic E-state index is 0.281. The van der Waals surface area contributed by atoms with Gasteiger partial charge >= 0.3 is 6.36 Å². The van der Waals surface area contributed by atoms with Gasteiger partial charge in [-0.3, -0.25) is 0 Å². The molecule has 1 fully saturated rings. The van der Waals surface area contributed by atoms with Crippen molar-refractivity contribution in [3.63, 3.8) is 0 Å². The Balaban J connectivity index is 1.54. The van der Waals surface area contributed by atoms with E-state index in [1.165, 1.54) is 12.1 Å². The Morgan fingerprint density at radius 3 is 2.23 bits per heavy atom. The van der Waals surface area contributed by atoms with Crippen LogP contribution in [0.3, 0.4) is 0 Å². The number of hydrogen-bond donors (Lipinski definition) is 0. The van der Waals surface area contributed by atoms with Crippen molar-refractivity contribution in [3.8, 4) is 5.75 Å². The number of nitrogens with zero attached hydrogens (tertiary/aromatic N) is 2. The molecule has 1 heterocycles. The molecule has 31 heavy (non-hydrogen) atoms. The summed E-state index contributed by atoms with van der Waals surface area (Å²) in [6, 6.07) is 10.6. The van der Waals surface area contributed by atoms with Crippen molar-refractivity contribution in [2.75, 3.05) is 18.0 Å². The number of sulfonamides is 1. The third-order valence-electron chi connectivity index (χ3n) is 5.93. The lowest BCUT2D eigenvalue weighted by Crippen LogP contribution is -2.58. The molecule has 5 nitrogen and oxygen atoms in total. The van der Waals surface area contributed by atoms with Gasteiger partial charge in [0.05, 0.1) is 4.90 Å². The molecule has 1 aliphatic carbocycles. The van der Waals surface area contributed by atoms with Gasteiger partial charge in [0.25, 0.3) is 0 Å². The summed E-state index contributed by atoms with van der Waals surface area (Å²) in [6.07, 6.45) is -2.08. The van der Waals surface area contributed by atoms with Crippen molar-refractivity contribution in [2.24, 2.45) is 0 Å². The van der Waals surface area contributed by atoms with Gasteiger partial charge in [-0.2, -0.15) is 4.31 Å². The van der Waals surface area contributed by atoms with Gasteiger partial charge in [-0.25, -0.2) is 8.42 Å². The largest absolute Gasteiger partial charge is 0.573 e. The molecule has 1 saturated heterocycles. The van der Waals surface area contributed by atoms with Crippen molar-refractivity contribution in [1.29, 1.82) is 0 Å². The summed E-state index contributed by atoms with van der Waals surface area (Å²) in [4.78, 5) is 2.40. The molecule has 2 atom stereocenters. The Hall–Kier alpha value is -2.26. The van der Waals surface area contributed by atoms with Crippen molar-refractivity contribution in [2.45, 2.75) is 56.5 Å². The van der Waals surface area contributed by atoms with Gasteiger partial charge < -0.3 is 9.64 Å². The minimum Gasteiger partial charge on any atom is -0.406 e. The van der Waals surface area contributed by atoms with Crippen molar-refractivity contribution in [1.82, 2.24) is 4.31 Å². The van der Waals surface area contributed by atoms with Gasteiger partial charge in [-0.1, -0.05) is 12.1 Å². The predicted octanol–water partition coefficient (Wildman–Crippen LogP) is 4.36. The highest BCUT2D eigenvalue weighted by molar-refractivity contribution is 7.89. The zero-order valence-electron chi connectivity index (χ0n) is 17.4. The average molecular weight is 455 g/mol. The number of benzene rings is 2. The second kappa shape index (κ2) is 8.02. The van der Waals surface area contributed by atoms with Gasteiger partial charge in [0.1, 0.15) is 5.75 Å². The van der Waals surface area contributed by atoms with Gasteiger partial charge in [-0.05, 0) is 74.6 Å². The second-order valence-electron chi connectivity index (χ2n) is 8.23. The molecule has 0 bridgehead atoms. The Morgan fingerprint density at radius 2 is 1.61 bits per heavy atom. The fourth-order valence-corrected chi connectivity index (χ4v) is 6.89. The number of alkyl halides is 3. The van der Waals surface area contributed by atoms with E-state index in [0.29, 0.717) is 18.0 Å². The Morgan fingerprint density at radius 1 is 0.968 bits per heavy atom. The number of ether oxygens (including phenoxy) is 1. The van der Waals surface area contributed by atoms with E-state index < -0.39 is 16.4 Å². The first-order valence-electron chi connectivity index (χ1n) is 10.3. The molecular weight excluding hydrogens is 429 g/mol. The van der Waals surface area contributed by atoms with E-state index in [1.807, 2.05) is 30.9 Å². The van der Waals surface area contributed by atoms with Gasteiger partial charge in [0.2, 0.25) is 10.0 Å². The van der Waals surface area contributed by atoms with E-state index in [-0.39, 0.29) is 17.8 Å².